The molecule has 0 N–H and O–H groups in total. The van der Waals surface area contributed by atoms with Crippen LogP contribution in [0.2, 0.25) is 0 Å². The van der Waals surface area contributed by atoms with Gasteiger partial charge in [0, 0.05) is 12.2 Å². The molecule has 0 fully saturated rings. The van der Waals surface area contributed by atoms with Crippen LogP contribution in [-0.2, 0) is 38.2 Å². The number of rotatable bonds is 8. The molecule has 0 aromatic heterocycles. The molecular weight excluding hydrogens is 335 g/mol. The minimum absolute atomic E-state index is 0. The summed E-state index contributed by atoms with van der Waals surface area (Å²) in [4.78, 5) is 22.1. The van der Waals surface area contributed by atoms with Crippen LogP contribution in [0.25, 0.3) is 0 Å². The third-order valence-electron chi connectivity index (χ3n) is 1.42. The molecule has 0 rings (SSSR count). The molecule has 8 nitrogen and oxygen atoms in total. The van der Waals surface area contributed by atoms with Gasteiger partial charge in [-0.2, -0.15) is 16.8 Å². The van der Waals surface area contributed by atoms with Crippen molar-refractivity contribution in [1.29, 1.82) is 0 Å². The summed E-state index contributed by atoms with van der Waals surface area (Å²) in [5, 5.41) is 0. The van der Waals surface area contributed by atoms with Crippen molar-refractivity contribution in [3.63, 3.8) is 0 Å². The molecule has 0 aromatic carbocycles. The number of carbonyl (C=O) groups excluding carboxylic acids is 2. The first-order chi connectivity index (χ1) is 9.12. The Kier molecular flexibility index (Phi) is 10.5. The van der Waals surface area contributed by atoms with E-state index in [9.17, 15) is 26.4 Å². The Balaban J connectivity index is 0. The fourth-order valence-corrected chi connectivity index (χ4v) is 2.12. The average molecular weight is 348 g/mol. The zero-order valence-electron chi connectivity index (χ0n) is 10.2. The molecule has 0 saturated heterocycles. The zero-order chi connectivity index (χ0) is 15.8. The molecular formula is C10H13NaO8S2. The average Bonchev–Trinajstić information content (AvgIpc) is 2.24. The molecule has 0 aliphatic heterocycles. The van der Waals surface area contributed by atoms with Crippen LogP contribution in [0.4, 0.5) is 0 Å². The first-order valence-electron chi connectivity index (χ1n) is 4.94. The van der Waals surface area contributed by atoms with E-state index in [0.29, 0.717) is 12.2 Å². The van der Waals surface area contributed by atoms with E-state index < -0.39 is 43.7 Å². The number of carbonyl (C=O) groups is 2. The molecule has 0 spiro atoms. The second-order valence-electron chi connectivity index (χ2n) is 3.16. The quantitative estimate of drug-likeness (QED) is 0.237. The summed E-state index contributed by atoms with van der Waals surface area (Å²) in [6.07, 6.45) is 2.85. The first-order valence-corrected chi connectivity index (χ1v) is 8.09. The molecule has 0 saturated carbocycles. The minimum atomic E-state index is -4.12. The van der Waals surface area contributed by atoms with Gasteiger partial charge >= 0.3 is 61.7 Å². The van der Waals surface area contributed by atoms with Crippen LogP contribution in [0.15, 0.2) is 37.5 Å². The van der Waals surface area contributed by atoms with Crippen LogP contribution >= 0.6 is 0 Å². The van der Waals surface area contributed by atoms with E-state index in [1.54, 1.807) is 0 Å². The van der Waals surface area contributed by atoms with E-state index >= 15 is 0 Å². The van der Waals surface area contributed by atoms with E-state index in [4.69, 9.17) is 0 Å². The molecule has 11 heteroatoms. The van der Waals surface area contributed by atoms with Crippen LogP contribution in [0, 0.1) is 0 Å². The van der Waals surface area contributed by atoms with Crippen molar-refractivity contribution in [2.45, 2.75) is 0 Å². The fraction of sp³-hybridized carbons (Fsp3) is 0.200. The van der Waals surface area contributed by atoms with E-state index in [0.717, 1.165) is 12.2 Å². The molecule has 0 unspecified atom stereocenters. The van der Waals surface area contributed by atoms with Gasteiger partial charge in [0.05, 0.1) is 0 Å². The number of hydrogen-bond donors (Lipinski definition) is 0. The van der Waals surface area contributed by atoms with Gasteiger partial charge in [-0.3, -0.25) is 0 Å². The van der Waals surface area contributed by atoms with Crippen molar-refractivity contribution in [2.75, 3.05) is 11.5 Å². The Labute approximate surface area is 145 Å². The van der Waals surface area contributed by atoms with Crippen LogP contribution in [0.5, 0.6) is 0 Å². The molecule has 0 aromatic rings. The van der Waals surface area contributed by atoms with Gasteiger partial charge in [-0.25, -0.2) is 9.59 Å². The molecule has 0 aliphatic carbocycles. The van der Waals surface area contributed by atoms with E-state index in [2.05, 4.69) is 21.5 Å². The first kappa shape index (κ1) is 22.3. The number of hydrogen-bond acceptors (Lipinski definition) is 8. The van der Waals surface area contributed by atoms with E-state index in [1.165, 1.54) is 0 Å². The van der Waals surface area contributed by atoms with Crippen molar-refractivity contribution >= 4 is 61.7 Å². The maximum atomic E-state index is 11.0. The predicted octanol–water partition coefficient (Wildman–Crippen LogP) is -0.988. The molecule has 114 valence electrons. The van der Waals surface area contributed by atoms with E-state index in [-0.39, 0.29) is 29.6 Å². The fourth-order valence-electron chi connectivity index (χ4n) is 0.799. The zero-order valence-corrected chi connectivity index (χ0v) is 11.9. The molecule has 0 radical (unpaired) electrons. The molecule has 0 amide bonds. The van der Waals surface area contributed by atoms with Gasteiger partial charge in [-0.15, -0.1) is 13.2 Å². The van der Waals surface area contributed by atoms with Gasteiger partial charge in [-0.1, -0.05) is 12.2 Å². The molecule has 0 heterocycles. The van der Waals surface area contributed by atoms with Crippen molar-refractivity contribution in [3.05, 3.63) is 37.5 Å². The maximum absolute atomic E-state index is 11.0. The van der Waals surface area contributed by atoms with Crippen molar-refractivity contribution < 1.29 is 34.8 Å². The van der Waals surface area contributed by atoms with Crippen LogP contribution < -0.4 is 0 Å². The molecule has 0 aliphatic rings. The summed E-state index contributed by atoms with van der Waals surface area (Å²) < 4.78 is 52.1. The summed E-state index contributed by atoms with van der Waals surface area (Å²) in [5.41, 5.74) is 0. The molecule has 0 bridgehead atoms. The standard InChI is InChI=1S/C10H12O8S2.Na.H/c1-3-7-19(13,14)17-9(11)5-6-10(12)18-20(15,16)8-4-2;;/h3-6H,1-2,7-8H2;;/b6-5-;;. The Hall–Kier alpha value is -0.940. The Morgan fingerprint density at radius 3 is 1.33 bits per heavy atom. The Morgan fingerprint density at radius 2 is 1.10 bits per heavy atom. The van der Waals surface area contributed by atoms with Gasteiger partial charge in [0.25, 0.3) is 0 Å². The topological polar surface area (TPSA) is 121 Å². The van der Waals surface area contributed by atoms with Crippen molar-refractivity contribution in [2.24, 2.45) is 0 Å². The summed E-state index contributed by atoms with van der Waals surface area (Å²) in [6.45, 7) is 6.30. The van der Waals surface area contributed by atoms with Gasteiger partial charge in [0.15, 0.2) is 0 Å². The Bertz CT molecular complexity index is 574. The van der Waals surface area contributed by atoms with Crippen LogP contribution in [0.1, 0.15) is 0 Å². The molecule has 21 heavy (non-hydrogen) atoms. The summed E-state index contributed by atoms with van der Waals surface area (Å²) >= 11 is 0. The second-order valence-corrected chi connectivity index (χ2v) is 6.39. The summed E-state index contributed by atoms with van der Waals surface area (Å²) in [7, 11) is -8.25. The third kappa shape index (κ3) is 11.4. The van der Waals surface area contributed by atoms with Crippen molar-refractivity contribution in [1.82, 2.24) is 0 Å². The normalized spacial score (nSPS) is 11.2. The van der Waals surface area contributed by atoms with E-state index in [1.807, 2.05) is 0 Å². The summed E-state index contributed by atoms with van der Waals surface area (Å²) in [6, 6.07) is 0. The summed E-state index contributed by atoms with van der Waals surface area (Å²) in [5.74, 6) is -3.93. The molecule has 0 atom stereocenters. The monoisotopic (exact) mass is 348 g/mol. The second kappa shape index (κ2) is 9.90. The van der Waals surface area contributed by atoms with Crippen LogP contribution in [-0.4, -0.2) is 69.8 Å². The van der Waals surface area contributed by atoms with Crippen molar-refractivity contribution in [3.8, 4) is 0 Å². The predicted molar refractivity (Wildman–Crippen MR) is 76.4 cm³/mol. The van der Waals surface area contributed by atoms with Gasteiger partial charge in [0.2, 0.25) is 0 Å². The van der Waals surface area contributed by atoms with Gasteiger partial charge < -0.3 is 8.37 Å². The van der Waals surface area contributed by atoms with Gasteiger partial charge in [0.1, 0.15) is 11.5 Å². The van der Waals surface area contributed by atoms with Crippen LogP contribution in [0.3, 0.4) is 0 Å². The Morgan fingerprint density at radius 1 is 0.810 bits per heavy atom. The SMILES string of the molecule is C=CCS(=O)(=O)OC(=O)/C=C\C(=O)OS(=O)(=O)CC=C.[NaH]. The third-order valence-corrected chi connectivity index (χ3v) is 3.54. The van der Waals surface area contributed by atoms with Gasteiger partial charge in [-0.05, 0) is 0 Å².